The van der Waals surface area contributed by atoms with Gasteiger partial charge in [0, 0.05) is 10.7 Å². The Morgan fingerprint density at radius 2 is 2.20 bits per heavy atom. The molecule has 0 aliphatic rings. The van der Waals surface area contributed by atoms with Crippen LogP contribution in [0.1, 0.15) is 21.6 Å². The summed E-state index contributed by atoms with van der Waals surface area (Å²) in [4.78, 5) is 11.9. The second-order valence-electron chi connectivity index (χ2n) is 4.18. The number of carbonyl (C=O) groups excluding carboxylic acids is 1. The van der Waals surface area contributed by atoms with E-state index in [4.69, 9.17) is 15.7 Å². The SMILES string of the molecule is COC(=O)c1c(N)c(C#N)cn1-c1c(C)cccc1Br. The van der Waals surface area contributed by atoms with Gasteiger partial charge in [0.25, 0.3) is 0 Å². The molecular formula is C14H12BrN3O2. The summed E-state index contributed by atoms with van der Waals surface area (Å²) in [5.74, 6) is -0.584. The fourth-order valence-corrected chi connectivity index (χ4v) is 2.68. The zero-order chi connectivity index (χ0) is 14.9. The minimum absolute atomic E-state index is 0.120. The van der Waals surface area contributed by atoms with Gasteiger partial charge in [-0.25, -0.2) is 4.79 Å². The molecule has 102 valence electrons. The molecule has 5 nitrogen and oxygen atoms in total. The van der Waals surface area contributed by atoms with E-state index in [-0.39, 0.29) is 16.9 Å². The molecule has 0 spiro atoms. The number of carbonyl (C=O) groups is 1. The number of hydrogen-bond donors (Lipinski definition) is 1. The van der Waals surface area contributed by atoms with Crippen LogP contribution in [0.5, 0.6) is 0 Å². The predicted molar refractivity (Wildman–Crippen MR) is 78.7 cm³/mol. The van der Waals surface area contributed by atoms with Crippen molar-refractivity contribution in [2.45, 2.75) is 6.92 Å². The van der Waals surface area contributed by atoms with E-state index in [1.165, 1.54) is 13.3 Å². The molecule has 2 N–H and O–H groups in total. The molecule has 1 aromatic carbocycles. The molecule has 20 heavy (non-hydrogen) atoms. The summed E-state index contributed by atoms with van der Waals surface area (Å²) in [7, 11) is 1.28. The van der Waals surface area contributed by atoms with Crippen LogP contribution in [0.25, 0.3) is 5.69 Å². The fourth-order valence-electron chi connectivity index (χ4n) is 2.02. The van der Waals surface area contributed by atoms with Crippen LogP contribution in [0.2, 0.25) is 0 Å². The molecule has 0 unspecified atom stereocenters. The summed E-state index contributed by atoms with van der Waals surface area (Å²) in [5, 5.41) is 9.09. The van der Waals surface area contributed by atoms with E-state index in [1.807, 2.05) is 31.2 Å². The summed E-state index contributed by atoms with van der Waals surface area (Å²) < 4.78 is 7.13. The van der Waals surface area contributed by atoms with Crippen molar-refractivity contribution in [3.8, 4) is 11.8 Å². The van der Waals surface area contributed by atoms with Crippen LogP contribution in [0.3, 0.4) is 0 Å². The van der Waals surface area contributed by atoms with Crippen molar-refractivity contribution in [1.29, 1.82) is 5.26 Å². The number of para-hydroxylation sites is 1. The van der Waals surface area contributed by atoms with Crippen LogP contribution >= 0.6 is 15.9 Å². The van der Waals surface area contributed by atoms with Crippen LogP contribution in [0.4, 0.5) is 5.69 Å². The van der Waals surface area contributed by atoms with E-state index in [2.05, 4.69) is 15.9 Å². The van der Waals surface area contributed by atoms with Gasteiger partial charge in [0.1, 0.15) is 6.07 Å². The Balaban J connectivity index is 2.81. The lowest BCUT2D eigenvalue weighted by Crippen LogP contribution is -2.12. The van der Waals surface area contributed by atoms with Crippen molar-refractivity contribution < 1.29 is 9.53 Å². The highest BCUT2D eigenvalue weighted by atomic mass is 79.9. The van der Waals surface area contributed by atoms with Gasteiger partial charge in [-0.1, -0.05) is 12.1 Å². The van der Waals surface area contributed by atoms with Crippen molar-refractivity contribution >= 4 is 27.6 Å². The highest BCUT2D eigenvalue weighted by molar-refractivity contribution is 9.10. The molecule has 0 aliphatic heterocycles. The number of halogens is 1. The maximum Gasteiger partial charge on any atom is 0.357 e. The van der Waals surface area contributed by atoms with Crippen molar-refractivity contribution in [2.75, 3.05) is 12.8 Å². The van der Waals surface area contributed by atoms with E-state index >= 15 is 0 Å². The predicted octanol–water partition coefficient (Wildman–Crippen LogP) is 2.79. The molecule has 2 aromatic rings. The first-order chi connectivity index (χ1) is 9.51. The first kappa shape index (κ1) is 14.2. The number of methoxy groups -OCH3 is 1. The van der Waals surface area contributed by atoms with Crippen molar-refractivity contribution in [3.63, 3.8) is 0 Å². The summed E-state index contributed by atoms with van der Waals surface area (Å²) >= 11 is 3.45. The maximum atomic E-state index is 11.9. The van der Waals surface area contributed by atoms with Gasteiger partial charge in [0.05, 0.1) is 24.0 Å². The Morgan fingerprint density at radius 3 is 2.75 bits per heavy atom. The lowest BCUT2D eigenvalue weighted by atomic mass is 10.2. The summed E-state index contributed by atoms with van der Waals surface area (Å²) in [6.45, 7) is 1.91. The van der Waals surface area contributed by atoms with Gasteiger partial charge in [-0.05, 0) is 34.5 Å². The van der Waals surface area contributed by atoms with Crippen LogP contribution in [0, 0.1) is 18.3 Å². The number of aromatic nitrogens is 1. The van der Waals surface area contributed by atoms with Crippen LogP contribution in [-0.2, 0) is 4.74 Å². The molecule has 0 aliphatic carbocycles. The van der Waals surface area contributed by atoms with E-state index < -0.39 is 5.97 Å². The number of hydrogen-bond acceptors (Lipinski definition) is 4. The molecule has 0 saturated carbocycles. The van der Waals surface area contributed by atoms with Gasteiger partial charge in [0.2, 0.25) is 0 Å². The third-order valence-electron chi connectivity index (χ3n) is 2.97. The van der Waals surface area contributed by atoms with Gasteiger partial charge in [-0.2, -0.15) is 5.26 Å². The first-order valence-corrected chi connectivity index (χ1v) is 6.55. The molecule has 0 saturated heterocycles. The van der Waals surface area contributed by atoms with Gasteiger partial charge >= 0.3 is 5.97 Å². The second-order valence-corrected chi connectivity index (χ2v) is 5.04. The molecule has 0 bridgehead atoms. The van der Waals surface area contributed by atoms with Gasteiger partial charge < -0.3 is 15.0 Å². The topological polar surface area (TPSA) is 81.0 Å². The van der Waals surface area contributed by atoms with Crippen LogP contribution in [-0.4, -0.2) is 17.6 Å². The number of nitrogen functional groups attached to an aromatic ring is 1. The number of nitrogens with two attached hydrogens (primary N) is 1. The van der Waals surface area contributed by atoms with Crippen LogP contribution in [0.15, 0.2) is 28.9 Å². The van der Waals surface area contributed by atoms with Gasteiger partial charge in [-0.15, -0.1) is 0 Å². The minimum Gasteiger partial charge on any atom is -0.464 e. The minimum atomic E-state index is -0.584. The lowest BCUT2D eigenvalue weighted by molar-refractivity contribution is 0.0593. The number of aryl methyl sites for hydroxylation is 1. The van der Waals surface area contributed by atoms with E-state index in [9.17, 15) is 4.79 Å². The second kappa shape index (κ2) is 5.39. The highest BCUT2D eigenvalue weighted by Gasteiger charge is 2.23. The molecule has 2 rings (SSSR count). The molecule has 6 heteroatoms. The summed E-state index contributed by atoms with van der Waals surface area (Å²) in [5.41, 5.74) is 8.06. The molecule has 1 heterocycles. The monoisotopic (exact) mass is 333 g/mol. The zero-order valence-corrected chi connectivity index (χ0v) is 12.6. The third kappa shape index (κ3) is 2.17. The van der Waals surface area contributed by atoms with E-state index in [0.717, 1.165) is 15.7 Å². The van der Waals surface area contributed by atoms with E-state index in [0.29, 0.717) is 0 Å². The fraction of sp³-hybridized carbons (Fsp3) is 0.143. The van der Waals surface area contributed by atoms with Crippen molar-refractivity contribution in [2.24, 2.45) is 0 Å². The Labute approximate surface area is 124 Å². The van der Waals surface area contributed by atoms with Crippen molar-refractivity contribution in [1.82, 2.24) is 4.57 Å². The number of anilines is 1. The number of benzene rings is 1. The highest BCUT2D eigenvalue weighted by Crippen LogP contribution is 2.30. The molecule has 0 radical (unpaired) electrons. The van der Waals surface area contributed by atoms with Crippen LogP contribution < -0.4 is 5.73 Å². The normalized spacial score (nSPS) is 10.1. The number of nitrogens with zero attached hydrogens (tertiary/aromatic N) is 2. The lowest BCUT2D eigenvalue weighted by Gasteiger charge is -2.13. The quantitative estimate of drug-likeness (QED) is 0.857. The smallest absolute Gasteiger partial charge is 0.357 e. The zero-order valence-electron chi connectivity index (χ0n) is 11.0. The average Bonchev–Trinajstić information content (AvgIpc) is 2.74. The van der Waals surface area contributed by atoms with Gasteiger partial charge in [-0.3, -0.25) is 0 Å². The molecule has 0 fully saturated rings. The average molecular weight is 334 g/mol. The Morgan fingerprint density at radius 1 is 1.50 bits per heavy atom. The first-order valence-electron chi connectivity index (χ1n) is 5.76. The largest absolute Gasteiger partial charge is 0.464 e. The maximum absolute atomic E-state index is 11.9. The standard InChI is InChI=1S/C14H12BrN3O2/c1-8-4-3-5-10(15)12(8)18-7-9(6-16)11(17)13(18)14(19)20-2/h3-5,7H,17H2,1-2H3. The number of nitriles is 1. The van der Waals surface area contributed by atoms with E-state index in [1.54, 1.807) is 4.57 Å². The van der Waals surface area contributed by atoms with Gasteiger partial charge in [0.15, 0.2) is 5.69 Å². The summed E-state index contributed by atoms with van der Waals surface area (Å²) in [6, 6.07) is 7.62. The molecular weight excluding hydrogens is 322 g/mol. The number of ether oxygens (including phenoxy) is 1. The summed E-state index contributed by atoms with van der Waals surface area (Å²) in [6.07, 6.45) is 1.54. The Hall–Kier alpha value is -2.26. The van der Waals surface area contributed by atoms with Crippen molar-refractivity contribution in [3.05, 3.63) is 45.7 Å². The Kier molecular flexibility index (Phi) is 3.81. The molecule has 1 aromatic heterocycles. The number of rotatable bonds is 2. The molecule has 0 amide bonds. The Bertz CT molecular complexity index is 709. The third-order valence-corrected chi connectivity index (χ3v) is 3.61. The number of esters is 1. The molecule has 0 atom stereocenters.